The zero-order valence-corrected chi connectivity index (χ0v) is 7.71. The van der Waals surface area contributed by atoms with Gasteiger partial charge in [0.1, 0.15) is 5.82 Å². The first-order chi connectivity index (χ1) is 6.40. The molecule has 2 N–H and O–H groups in total. The van der Waals surface area contributed by atoms with E-state index in [9.17, 15) is 0 Å². The summed E-state index contributed by atoms with van der Waals surface area (Å²) >= 11 is 0. The van der Waals surface area contributed by atoms with Gasteiger partial charge in [-0.1, -0.05) is 6.92 Å². The molecule has 1 aliphatic heterocycles. The maximum Gasteiger partial charge on any atom is 0.169 e. The van der Waals surface area contributed by atoms with Crippen LogP contribution in [0.2, 0.25) is 0 Å². The van der Waals surface area contributed by atoms with E-state index in [-0.39, 0.29) is 6.04 Å². The number of nitrogens with zero attached hydrogens (tertiary/aromatic N) is 2. The largest absolute Gasteiger partial charge is 0.378 e. The summed E-state index contributed by atoms with van der Waals surface area (Å²) in [7, 11) is 0. The normalized spacial score (nSPS) is 23.3. The molecular weight excluding hydrogens is 168 g/mol. The van der Waals surface area contributed by atoms with Crippen molar-refractivity contribution in [2.24, 2.45) is 0 Å². The number of ether oxygens (including phenoxy) is 1. The van der Waals surface area contributed by atoms with Crippen LogP contribution in [-0.2, 0) is 11.2 Å². The van der Waals surface area contributed by atoms with Gasteiger partial charge in [-0.15, -0.1) is 0 Å². The second-order valence-electron chi connectivity index (χ2n) is 3.08. The van der Waals surface area contributed by atoms with Crippen molar-refractivity contribution < 1.29 is 4.74 Å². The Kier molecular flexibility index (Phi) is 2.56. The molecule has 0 bridgehead atoms. The van der Waals surface area contributed by atoms with Crippen molar-refractivity contribution in [3.8, 4) is 0 Å². The molecule has 0 radical (unpaired) electrons. The Bertz CT molecular complexity index is 267. The van der Waals surface area contributed by atoms with Gasteiger partial charge >= 0.3 is 0 Å². The molecule has 72 valence electrons. The van der Waals surface area contributed by atoms with Crippen LogP contribution in [0.15, 0.2) is 0 Å². The summed E-state index contributed by atoms with van der Waals surface area (Å²) in [6.45, 7) is 4.37. The Balaban J connectivity index is 2.05. The second kappa shape index (κ2) is 3.85. The maximum absolute atomic E-state index is 5.32. The number of hydrogen-bond acceptors (Lipinski definition) is 4. The van der Waals surface area contributed by atoms with Crippen LogP contribution >= 0.6 is 0 Å². The van der Waals surface area contributed by atoms with Gasteiger partial charge in [-0.25, -0.2) is 4.98 Å². The first-order valence-electron chi connectivity index (χ1n) is 4.62. The molecule has 2 rings (SSSR count). The average Bonchev–Trinajstić information content (AvgIpc) is 2.67. The Hall–Kier alpha value is -0.940. The minimum atomic E-state index is 0.158. The molecule has 1 aromatic rings. The molecule has 5 nitrogen and oxygen atoms in total. The molecule has 1 unspecified atom stereocenters. The topological polar surface area (TPSA) is 62.8 Å². The molecule has 0 aromatic carbocycles. The molecule has 1 fully saturated rings. The Morgan fingerprint density at radius 2 is 2.54 bits per heavy atom. The van der Waals surface area contributed by atoms with Crippen molar-refractivity contribution in [1.82, 2.24) is 20.5 Å². The number of H-pyrrole nitrogens is 1. The lowest BCUT2D eigenvalue weighted by Crippen LogP contribution is -2.35. The van der Waals surface area contributed by atoms with Crippen molar-refractivity contribution >= 4 is 0 Å². The fourth-order valence-electron chi connectivity index (χ4n) is 1.36. The van der Waals surface area contributed by atoms with Crippen LogP contribution in [0.3, 0.4) is 0 Å². The molecule has 1 aliphatic rings. The van der Waals surface area contributed by atoms with E-state index in [2.05, 4.69) is 27.4 Å². The average molecular weight is 182 g/mol. The highest BCUT2D eigenvalue weighted by Crippen LogP contribution is 2.10. The van der Waals surface area contributed by atoms with Crippen LogP contribution in [0.25, 0.3) is 0 Å². The van der Waals surface area contributed by atoms with Crippen LogP contribution in [-0.4, -0.2) is 34.9 Å². The summed E-state index contributed by atoms with van der Waals surface area (Å²) in [4.78, 5) is 4.34. The van der Waals surface area contributed by atoms with Gasteiger partial charge in [-0.05, 0) is 0 Å². The summed E-state index contributed by atoms with van der Waals surface area (Å²) in [6.07, 6.45) is 0.889. The van der Waals surface area contributed by atoms with Crippen molar-refractivity contribution in [3.05, 3.63) is 11.6 Å². The van der Waals surface area contributed by atoms with E-state index < -0.39 is 0 Å². The SMILES string of the molecule is CCc1nc(C2COCCN2)n[nH]1. The predicted molar refractivity (Wildman–Crippen MR) is 47.3 cm³/mol. The molecule has 1 atom stereocenters. The third kappa shape index (κ3) is 1.87. The van der Waals surface area contributed by atoms with E-state index in [1.54, 1.807) is 0 Å². The quantitative estimate of drug-likeness (QED) is 0.677. The van der Waals surface area contributed by atoms with Gasteiger partial charge < -0.3 is 10.1 Å². The minimum absolute atomic E-state index is 0.158. The van der Waals surface area contributed by atoms with E-state index in [1.807, 2.05) is 0 Å². The third-order valence-corrected chi connectivity index (χ3v) is 2.12. The summed E-state index contributed by atoms with van der Waals surface area (Å²) in [5, 5.41) is 10.3. The first-order valence-corrected chi connectivity index (χ1v) is 4.62. The number of nitrogens with one attached hydrogen (secondary N) is 2. The molecule has 5 heteroatoms. The van der Waals surface area contributed by atoms with E-state index in [1.165, 1.54) is 0 Å². The Morgan fingerprint density at radius 1 is 1.62 bits per heavy atom. The molecule has 0 saturated carbocycles. The van der Waals surface area contributed by atoms with Gasteiger partial charge in [0, 0.05) is 13.0 Å². The monoisotopic (exact) mass is 182 g/mol. The van der Waals surface area contributed by atoms with E-state index in [0.29, 0.717) is 6.61 Å². The highest BCUT2D eigenvalue weighted by molar-refractivity contribution is 4.97. The zero-order valence-electron chi connectivity index (χ0n) is 7.71. The van der Waals surface area contributed by atoms with Crippen LogP contribution in [0.5, 0.6) is 0 Å². The standard InChI is InChI=1S/C8H14N4O/c1-2-7-10-8(12-11-7)6-5-13-4-3-9-6/h6,9H,2-5H2,1H3,(H,10,11,12). The summed E-state index contributed by atoms with van der Waals surface area (Å²) < 4.78 is 5.32. The molecule has 0 spiro atoms. The molecule has 1 aromatic heterocycles. The molecule has 13 heavy (non-hydrogen) atoms. The van der Waals surface area contributed by atoms with E-state index in [4.69, 9.17) is 4.74 Å². The highest BCUT2D eigenvalue weighted by Gasteiger charge is 2.18. The number of aromatic amines is 1. The van der Waals surface area contributed by atoms with Crippen molar-refractivity contribution in [3.63, 3.8) is 0 Å². The second-order valence-corrected chi connectivity index (χ2v) is 3.08. The first kappa shape index (κ1) is 8.65. The van der Waals surface area contributed by atoms with Crippen LogP contribution in [0.1, 0.15) is 24.6 Å². The predicted octanol–water partition coefficient (Wildman–Crippen LogP) is 0.0280. The molecule has 0 aliphatic carbocycles. The smallest absolute Gasteiger partial charge is 0.169 e. The fraction of sp³-hybridized carbons (Fsp3) is 0.750. The lowest BCUT2D eigenvalue weighted by molar-refractivity contribution is 0.0743. The Labute approximate surface area is 76.9 Å². The number of hydrogen-bond donors (Lipinski definition) is 2. The molecule has 1 saturated heterocycles. The van der Waals surface area contributed by atoms with Crippen LogP contribution < -0.4 is 5.32 Å². The highest BCUT2D eigenvalue weighted by atomic mass is 16.5. The van der Waals surface area contributed by atoms with Gasteiger partial charge in [0.15, 0.2) is 5.82 Å². The summed E-state index contributed by atoms with van der Waals surface area (Å²) in [5.74, 6) is 1.75. The number of rotatable bonds is 2. The number of aromatic nitrogens is 3. The summed E-state index contributed by atoms with van der Waals surface area (Å²) in [6, 6.07) is 0.158. The maximum atomic E-state index is 5.32. The van der Waals surface area contributed by atoms with Gasteiger partial charge in [-0.3, -0.25) is 5.10 Å². The van der Waals surface area contributed by atoms with Gasteiger partial charge in [-0.2, -0.15) is 5.10 Å². The number of aryl methyl sites for hydroxylation is 1. The van der Waals surface area contributed by atoms with Crippen molar-refractivity contribution in [2.45, 2.75) is 19.4 Å². The number of morpholine rings is 1. The molecule has 2 heterocycles. The zero-order chi connectivity index (χ0) is 9.10. The molecule has 0 amide bonds. The fourth-order valence-corrected chi connectivity index (χ4v) is 1.36. The Morgan fingerprint density at radius 3 is 3.15 bits per heavy atom. The van der Waals surface area contributed by atoms with Crippen molar-refractivity contribution in [2.75, 3.05) is 19.8 Å². The van der Waals surface area contributed by atoms with Crippen LogP contribution in [0, 0.1) is 0 Å². The molecular formula is C8H14N4O. The minimum Gasteiger partial charge on any atom is -0.378 e. The summed E-state index contributed by atoms with van der Waals surface area (Å²) in [5.41, 5.74) is 0. The van der Waals surface area contributed by atoms with E-state index in [0.717, 1.165) is 31.2 Å². The lowest BCUT2D eigenvalue weighted by atomic mass is 10.2. The van der Waals surface area contributed by atoms with Crippen LogP contribution in [0.4, 0.5) is 0 Å². The van der Waals surface area contributed by atoms with Gasteiger partial charge in [0.05, 0.1) is 19.3 Å². The third-order valence-electron chi connectivity index (χ3n) is 2.12. The van der Waals surface area contributed by atoms with Gasteiger partial charge in [0.2, 0.25) is 0 Å². The van der Waals surface area contributed by atoms with E-state index >= 15 is 0 Å². The lowest BCUT2D eigenvalue weighted by Gasteiger charge is -2.20. The van der Waals surface area contributed by atoms with Gasteiger partial charge in [0.25, 0.3) is 0 Å². The van der Waals surface area contributed by atoms with Crippen molar-refractivity contribution in [1.29, 1.82) is 0 Å².